The molecule has 0 amide bonds. The van der Waals surface area contributed by atoms with Crippen LogP contribution >= 0.6 is 0 Å². The minimum Gasteiger partial charge on any atom is -0.504 e. The topological polar surface area (TPSA) is 77.8 Å². The summed E-state index contributed by atoms with van der Waals surface area (Å²) >= 11 is 0. The van der Waals surface area contributed by atoms with Gasteiger partial charge in [0.2, 0.25) is 5.78 Å². The van der Waals surface area contributed by atoms with E-state index in [4.69, 9.17) is 0 Å². The molecule has 2 aliphatic carbocycles. The van der Waals surface area contributed by atoms with Gasteiger partial charge in [-0.3, -0.25) is 4.79 Å². The maximum Gasteiger partial charge on any atom is 0.203 e. The van der Waals surface area contributed by atoms with Gasteiger partial charge in [0.15, 0.2) is 5.76 Å². The zero-order chi connectivity index (χ0) is 21.8. The number of hydrogen-bond acceptors (Lipinski definition) is 4. The van der Waals surface area contributed by atoms with E-state index in [1.165, 1.54) is 11.1 Å². The van der Waals surface area contributed by atoms with Crippen molar-refractivity contribution < 1.29 is 20.1 Å². The van der Waals surface area contributed by atoms with Crippen LogP contribution in [0.2, 0.25) is 0 Å². The van der Waals surface area contributed by atoms with Crippen molar-refractivity contribution in [3.05, 3.63) is 46.3 Å². The molecule has 0 aliphatic heterocycles. The molecular weight excluding hydrogens is 364 g/mol. The molecule has 4 nitrogen and oxygen atoms in total. The van der Waals surface area contributed by atoms with Gasteiger partial charge >= 0.3 is 0 Å². The average Bonchev–Trinajstić information content (AvgIpc) is 2.88. The minimum absolute atomic E-state index is 0.107. The molecule has 0 fully saturated rings. The predicted octanol–water partition coefficient (Wildman–Crippen LogP) is 5.19. The Kier molecular flexibility index (Phi) is 8.07. The molecule has 0 spiro atoms. The zero-order valence-electron chi connectivity index (χ0n) is 18.7. The van der Waals surface area contributed by atoms with Crippen LogP contribution in [0.25, 0.3) is 0 Å². The lowest BCUT2D eigenvalue weighted by molar-refractivity contribution is -0.126. The molecule has 3 N–H and O–H groups in total. The summed E-state index contributed by atoms with van der Waals surface area (Å²) in [5, 5.41) is 30.9. The molecule has 4 heteroatoms. The Hall–Kier alpha value is -1.65. The van der Waals surface area contributed by atoms with Crippen molar-refractivity contribution in [2.75, 3.05) is 6.61 Å². The van der Waals surface area contributed by atoms with Crippen LogP contribution in [0.5, 0.6) is 0 Å². The molecule has 2 aliphatic rings. The van der Waals surface area contributed by atoms with Crippen LogP contribution < -0.4 is 0 Å². The second-order valence-electron chi connectivity index (χ2n) is 9.27. The third-order valence-corrected chi connectivity index (χ3v) is 6.88. The Morgan fingerprint density at radius 3 is 2.45 bits per heavy atom. The van der Waals surface area contributed by atoms with Crippen molar-refractivity contribution in [1.29, 1.82) is 0 Å². The summed E-state index contributed by atoms with van der Waals surface area (Å²) < 4.78 is 0. The first-order valence-electron chi connectivity index (χ1n) is 10.9. The number of Topliss-reactive ketones (excluding diaryl/α,β-unsaturated/α-hetero) is 1. The van der Waals surface area contributed by atoms with Gasteiger partial charge < -0.3 is 15.3 Å². The van der Waals surface area contributed by atoms with Gasteiger partial charge in [0.25, 0.3) is 0 Å². The van der Waals surface area contributed by atoms with E-state index in [9.17, 15) is 20.1 Å². The normalized spacial score (nSPS) is 33.1. The van der Waals surface area contributed by atoms with Gasteiger partial charge in [0.05, 0.1) is 6.10 Å². The Morgan fingerprint density at radius 1 is 1.14 bits per heavy atom. The molecule has 0 saturated carbocycles. The van der Waals surface area contributed by atoms with Crippen molar-refractivity contribution >= 4 is 5.78 Å². The van der Waals surface area contributed by atoms with E-state index in [-0.39, 0.29) is 30.0 Å². The highest BCUT2D eigenvalue weighted by molar-refractivity contribution is 6.02. The monoisotopic (exact) mass is 402 g/mol. The van der Waals surface area contributed by atoms with Gasteiger partial charge in [-0.25, -0.2) is 0 Å². The number of aliphatic hydroxyl groups excluding tert-OH is 3. The summed E-state index contributed by atoms with van der Waals surface area (Å²) in [6.45, 7) is 9.81. The molecule has 0 radical (unpaired) electrons. The lowest BCUT2D eigenvalue weighted by atomic mass is 9.70. The van der Waals surface area contributed by atoms with Crippen LogP contribution in [-0.4, -0.2) is 33.8 Å². The number of fused-ring (bicyclic) bond motifs is 1. The maximum atomic E-state index is 13.1. The van der Waals surface area contributed by atoms with E-state index < -0.39 is 11.5 Å². The van der Waals surface area contributed by atoms with Gasteiger partial charge in [-0.05, 0) is 70.4 Å². The number of allylic oxidation sites excluding steroid dienone is 6. The molecule has 0 unspecified atom stereocenters. The maximum absolute atomic E-state index is 13.1. The van der Waals surface area contributed by atoms with Crippen molar-refractivity contribution in [3.8, 4) is 0 Å². The van der Waals surface area contributed by atoms with E-state index in [0.717, 1.165) is 24.8 Å². The molecule has 0 aromatic rings. The summed E-state index contributed by atoms with van der Waals surface area (Å²) in [4.78, 5) is 13.1. The fourth-order valence-corrected chi connectivity index (χ4v) is 4.53. The lowest BCUT2D eigenvalue weighted by Gasteiger charge is -2.32. The molecule has 0 aromatic carbocycles. The first-order chi connectivity index (χ1) is 13.6. The Labute approximate surface area is 175 Å². The number of carbonyl (C=O) groups is 1. The second-order valence-corrected chi connectivity index (χ2v) is 9.27. The first-order valence-corrected chi connectivity index (χ1v) is 10.9. The summed E-state index contributed by atoms with van der Waals surface area (Å²) in [6, 6.07) is 0. The van der Waals surface area contributed by atoms with Crippen molar-refractivity contribution in [1.82, 2.24) is 0 Å². The minimum atomic E-state index is -0.738. The zero-order valence-corrected chi connectivity index (χ0v) is 18.7. The lowest BCUT2D eigenvalue weighted by Crippen LogP contribution is -2.32. The quantitative estimate of drug-likeness (QED) is 0.556. The number of aliphatic hydroxyl groups is 3. The molecule has 0 aromatic heterocycles. The Bertz CT molecular complexity index is 740. The van der Waals surface area contributed by atoms with Gasteiger partial charge in [-0.2, -0.15) is 0 Å². The molecule has 0 heterocycles. The largest absolute Gasteiger partial charge is 0.504 e. The number of carbonyl (C=O) groups excluding carboxylic acids is 1. The molecule has 0 saturated heterocycles. The van der Waals surface area contributed by atoms with Gasteiger partial charge in [-0.1, -0.05) is 43.2 Å². The Balaban J connectivity index is 2.46. The highest BCUT2D eigenvalue weighted by Crippen LogP contribution is 2.50. The number of ketones is 1. The van der Waals surface area contributed by atoms with Crippen LogP contribution in [0.1, 0.15) is 73.1 Å². The van der Waals surface area contributed by atoms with E-state index in [1.807, 2.05) is 26.8 Å². The van der Waals surface area contributed by atoms with Crippen LogP contribution in [-0.2, 0) is 4.79 Å². The van der Waals surface area contributed by atoms with E-state index >= 15 is 0 Å². The number of rotatable bonds is 2. The third-order valence-electron chi connectivity index (χ3n) is 6.88. The highest BCUT2D eigenvalue weighted by atomic mass is 16.3. The molecule has 29 heavy (non-hydrogen) atoms. The molecule has 0 bridgehead atoms. The first kappa shape index (κ1) is 23.6. The summed E-state index contributed by atoms with van der Waals surface area (Å²) in [5.74, 6) is -0.860. The smallest absolute Gasteiger partial charge is 0.203 e. The predicted molar refractivity (Wildman–Crippen MR) is 117 cm³/mol. The fraction of sp³-hybridized carbons (Fsp3) is 0.640. The molecule has 2 rings (SSSR count). The van der Waals surface area contributed by atoms with Gasteiger partial charge in [0.1, 0.15) is 0 Å². The SMILES string of the molecule is CC1=CC[C@]2(C)C(=O)C(O)=C([C@H](C)CO)[C@H]2C/C=C(\C)[C@@H](O)CCC(C)=CCC1. The number of hydrogen-bond donors (Lipinski definition) is 3. The van der Waals surface area contributed by atoms with Gasteiger partial charge in [0, 0.05) is 23.9 Å². The standard InChI is InChI=1S/C25H38O4/c1-16-7-6-8-17(2)13-14-25(5)20(11-10-18(3)21(27)12-9-16)22(19(4)15-26)23(28)24(25)29/h7,10,13,19-21,26-28H,6,8-9,11-12,14-15H2,1-5H3/b16-7?,17-13?,18-10+/t19-,20-,21+,25+/m1/s1. The van der Waals surface area contributed by atoms with E-state index in [0.29, 0.717) is 24.8 Å². The summed E-state index contributed by atoms with van der Waals surface area (Å²) in [7, 11) is 0. The van der Waals surface area contributed by atoms with Crippen LogP contribution in [0.4, 0.5) is 0 Å². The van der Waals surface area contributed by atoms with Crippen molar-refractivity contribution in [2.24, 2.45) is 17.3 Å². The van der Waals surface area contributed by atoms with E-state index in [1.54, 1.807) is 0 Å². The molecule has 162 valence electrons. The fourth-order valence-electron chi connectivity index (χ4n) is 4.53. The second kappa shape index (κ2) is 9.90. The van der Waals surface area contributed by atoms with Crippen molar-refractivity contribution in [3.63, 3.8) is 0 Å². The van der Waals surface area contributed by atoms with Crippen LogP contribution in [0, 0.1) is 17.3 Å². The molecular formula is C25H38O4. The third kappa shape index (κ3) is 5.29. The summed E-state index contributed by atoms with van der Waals surface area (Å²) in [5.41, 5.74) is 3.36. The van der Waals surface area contributed by atoms with Crippen LogP contribution in [0.15, 0.2) is 46.3 Å². The van der Waals surface area contributed by atoms with Gasteiger partial charge in [-0.15, -0.1) is 0 Å². The van der Waals surface area contributed by atoms with E-state index in [2.05, 4.69) is 26.0 Å². The average molecular weight is 403 g/mol. The summed E-state index contributed by atoms with van der Waals surface area (Å²) in [6.07, 6.45) is 10.4. The highest BCUT2D eigenvalue weighted by Gasteiger charge is 2.51. The Morgan fingerprint density at radius 2 is 1.79 bits per heavy atom. The molecule has 4 atom stereocenters. The van der Waals surface area contributed by atoms with Crippen LogP contribution in [0.3, 0.4) is 0 Å². The van der Waals surface area contributed by atoms with Crippen molar-refractivity contribution in [2.45, 2.75) is 79.2 Å².